The topological polar surface area (TPSA) is 153 Å². The second kappa shape index (κ2) is 14.8. The normalized spacial score (nSPS) is 16.6. The number of imide groups is 1. The van der Waals surface area contributed by atoms with Gasteiger partial charge in [0.1, 0.15) is 13.2 Å². The number of guanidine groups is 1. The van der Waals surface area contributed by atoms with Crippen LogP contribution in [-0.4, -0.2) is 53.6 Å². The largest absolute Gasteiger partial charge is 0.444 e. The molecule has 3 rings (SSSR count). The van der Waals surface area contributed by atoms with Gasteiger partial charge in [0.05, 0.1) is 5.92 Å². The van der Waals surface area contributed by atoms with E-state index in [1.807, 2.05) is 24.3 Å². The standard InChI is InChI=1S/C30H36N4O8/c1-20(35)42-25-23(24(36)34(25)26(37)30(2,3)4)16-11-17-31-27(32-28(38)40-18-21-12-7-5-8-13-21)33-29(39)41-19-22-14-9-6-10-15-22/h5-10,12-15,23,25H,11,16-19H2,1-4H3,(H2,31,32,33,38,39). The lowest BCUT2D eigenvalue weighted by molar-refractivity contribution is -0.203. The van der Waals surface area contributed by atoms with Gasteiger partial charge in [-0.15, -0.1) is 4.99 Å². The minimum Gasteiger partial charge on any atom is -0.444 e. The minimum atomic E-state index is -0.992. The van der Waals surface area contributed by atoms with E-state index < -0.39 is 47.5 Å². The summed E-state index contributed by atoms with van der Waals surface area (Å²) in [7, 11) is 0. The molecule has 0 aliphatic carbocycles. The number of rotatable bonds is 9. The summed E-state index contributed by atoms with van der Waals surface area (Å²) in [5.41, 5.74) is 0.701. The average Bonchev–Trinajstić information content (AvgIpc) is 2.95. The molecule has 2 aromatic carbocycles. The first-order valence-corrected chi connectivity index (χ1v) is 13.5. The van der Waals surface area contributed by atoms with E-state index in [0.717, 1.165) is 16.0 Å². The van der Waals surface area contributed by atoms with Crippen molar-refractivity contribution in [3.63, 3.8) is 0 Å². The number of benzene rings is 2. The number of nitrogens with zero attached hydrogens (tertiary/aromatic N) is 2. The van der Waals surface area contributed by atoms with Gasteiger partial charge in [-0.25, -0.2) is 14.5 Å². The molecule has 12 nitrogen and oxygen atoms in total. The molecule has 1 saturated heterocycles. The molecular weight excluding hydrogens is 544 g/mol. The molecule has 4 amide bonds. The molecule has 1 heterocycles. The van der Waals surface area contributed by atoms with Crippen LogP contribution in [0.25, 0.3) is 0 Å². The van der Waals surface area contributed by atoms with Crippen LogP contribution in [0.5, 0.6) is 0 Å². The number of β-lactam (4-membered cyclic amide) rings is 1. The molecule has 224 valence electrons. The number of alkyl carbamates (subject to hydrolysis) is 1. The van der Waals surface area contributed by atoms with Gasteiger partial charge < -0.3 is 19.5 Å². The number of ether oxygens (including phenoxy) is 3. The summed E-state index contributed by atoms with van der Waals surface area (Å²) in [4.78, 5) is 66.7. The molecule has 2 N–H and O–H groups in total. The maximum atomic E-state index is 12.8. The van der Waals surface area contributed by atoms with Crippen LogP contribution in [0.4, 0.5) is 9.59 Å². The summed E-state index contributed by atoms with van der Waals surface area (Å²) >= 11 is 0. The molecule has 0 bridgehead atoms. The zero-order chi connectivity index (χ0) is 30.7. The number of amides is 4. The SMILES string of the molecule is CC(=O)OC1C(CCCNC(=NC(=O)OCc2ccccc2)NC(=O)OCc2ccccc2)C(=O)N1C(=O)C(C)(C)C. The van der Waals surface area contributed by atoms with Gasteiger partial charge in [-0.2, -0.15) is 0 Å². The highest BCUT2D eigenvalue weighted by atomic mass is 16.6. The van der Waals surface area contributed by atoms with E-state index in [4.69, 9.17) is 14.2 Å². The Kier molecular flexibility index (Phi) is 11.2. The second-order valence-electron chi connectivity index (χ2n) is 10.6. The zero-order valence-corrected chi connectivity index (χ0v) is 24.1. The molecule has 1 fully saturated rings. The predicted molar refractivity (Wildman–Crippen MR) is 151 cm³/mol. The van der Waals surface area contributed by atoms with Crippen LogP contribution in [0, 0.1) is 11.3 Å². The molecule has 0 radical (unpaired) electrons. The molecule has 42 heavy (non-hydrogen) atoms. The van der Waals surface area contributed by atoms with E-state index in [1.54, 1.807) is 57.2 Å². The lowest BCUT2D eigenvalue weighted by atomic mass is 9.86. The number of likely N-dealkylation sites (tertiary alicyclic amines) is 1. The first kappa shape index (κ1) is 31.8. The van der Waals surface area contributed by atoms with Gasteiger partial charge in [-0.1, -0.05) is 81.4 Å². The van der Waals surface area contributed by atoms with Crippen molar-refractivity contribution in [2.45, 2.75) is 60.0 Å². The summed E-state index contributed by atoms with van der Waals surface area (Å²) in [6.45, 7) is 6.40. The molecule has 0 spiro atoms. The Hall–Kier alpha value is -4.74. The van der Waals surface area contributed by atoms with Crippen LogP contribution in [0.2, 0.25) is 0 Å². The fraction of sp³-hybridized carbons (Fsp3) is 0.400. The van der Waals surface area contributed by atoms with E-state index in [9.17, 15) is 24.0 Å². The summed E-state index contributed by atoms with van der Waals surface area (Å²) in [5, 5.41) is 5.25. The third-order valence-corrected chi connectivity index (χ3v) is 6.13. The Balaban J connectivity index is 1.59. The smallest absolute Gasteiger partial charge is 0.437 e. The Morgan fingerprint density at radius 1 is 0.905 bits per heavy atom. The third kappa shape index (κ3) is 9.43. The minimum absolute atomic E-state index is 0.00349. The molecule has 0 aromatic heterocycles. The van der Waals surface area contributed by atoms with E-state index in [2.05, 4.69) is 15.6 Å². The molecule has 12 heteroatoms. The van der Waals surface area contributed by atoms with Gasteiger partial charge in [0.15, 0.2) is 6.23 Å². The highest BCUT2D eigenvalue weighted by molar-refractivity contribution is 6.03. The van der Waals surface area contributed by atoms with Crippen LogP contribution >= 0.6 is 0 Å². The van der Waals surface area contributed by atoms with Gasteiger partial charge in [-0.3, -0.25) is 19.7 Å². The molecule has 2 unspecified atom stereocenters. The first-order chi connectivity index (χ1) is 20.0. The maximum absolute atomic E-state index is 12.8. The zero-order valence-electron chi connectivity index (χ0n) is 24.1. The van der Waals surface area contributed by atoms with E-state index >= 15 is 0 Å². The highest BCUT2D eigenvalue weighted by Crippen LogP contribution is 2.35. The Morgan fingerprint density at radius 2 is 1.48 bits per heavy atom. The van der Waals surface area contributed by atoms with E-state index in [1.165, 1.54) is 6.92 Å². The quantitative estimate of drug-likeness (QED) is 0.112. The van der Waals surface area contributed by atoms with Crippen LogP contribution in [-0.2, 0) is 41.8 Å². The lowest BCUT2D eigenvalue weighted by Crippen LogP contribution is -2.66. The molecule has 1 aliphatic heterocycles. The van der Waals surface area contributed by atoms with Crippen molar-refractivity contribution >= 4 is 35.9 Å². The van der Waals surface area contributed by atoms with Crippen LogP contribution in [0.1, 0.15) is 51.7 Å². The summed E-state index contributed by atoms with van der Waals surface area (Å²) < 4.78 is 15.7. The number of nitrogens with one attached hydrogen (secondary N) is 2. The van der Waals surface area contributed by atoms with Gasteiger partial charge >= 0.3 is 18.2 Å². The van der Waals surface area contributed by atoms with Crippen molar-refractivity contribution in [2.24, 2.45) is 16.3 Å². The van der Waals surface area contributed by atoms with Crippen molar-refractivity contribution < 1.29 is 38.2 Å². The second-order valence-corrected chi connectivity index (χ2v) is 10.6. The number of aliphatic imine (C=N–C) groups is 1. The van der Waals surface area contributed by atoms with Crippen molar-refractivity contribution in [2.75, 3.05) is 6.54 Å². The fourth-order valence-corrected chi connectivity index (χ4v) is 4.01. The number of carbonyl (C=O) groups excluding carboxylic acids is 5. The maximum Gasteiger partial charge on any atom is 0.437 e. The molecule has 2 atom stereocenters. The first-order valence-electron chi connectivity index (χ1n) is 13.5. The average molecular weight is 581 g/mol. The lowest BCUT2D eigenvalue weighted by Gasteiger charge is -2.46. The number of carbonyl (C=O) groups is 5. The van der Waals surface area contributed by atoms with Crippen LogP contribution in [0.15, 0.2) is 65.7 Å². The van der Waals surface area contributed by atoms with Gasteiger partial charge in [0.2, 0.25) is 17.8 Å². The van der Waals surface area contributed by atoms with E-state index in [-0.39, 0.29) is 32.1 Å². The Bertz CT molecular complexity index is 1290. The Labute approximate surface area is 244 Å². The fourth-order valence-electron chi connectivity index (χ4n) is 4.01. The van der Waals surface area contributed by atoms with Crippen molar-refractivity contribution in [3.8, 4) is 0 Å². The van der Waals surface area contributed by atoms with Gasteiger partial charge in [0, 0.05) is 18.9 Å². The molecular formula is C30H36N4O8. The number of hydrogen-bond acceptors (Lipinski definition) is 8. The van der Waals surface area contributed by atoms with Crippen LogP contribution < -0.4 is 10.6 Å². The van der Waals surface area contributed by atoms with E-state index in [0.29, 0.717) is 6.42 Å². The number of hydrogen-bond donors (Lipinski definition) is 2. The monoisotopic (exact) mass is 580 g/mol. The summed E-state index contributed by atoms with van der Waals surface area (Å²) in [6.07, 6.45) is -2.16. The molecule has 2 aromatic rings. The van der Waals surface area contributed by atoms with Crippen molar-refractivity contribution in [3.05, 3.63) is 71.8 Å². The summed E-state index contributed by atoms with van der Waals surface area (Å²) in [5.74, 6) is -2.38. The third-order valence-electron chi connectivity index (χ3n) is 6.13. The highest BCUT2D eigenvalue weighted by Gasteiger charge is 2.54. The summed E-state index contributed by atoms with van der Waals surface area (Å²) in [6, 6.07) is 18.1. The molecule has 1 aliphatic rings. The number of esters is 1. The van der Waals surface area contributed by atoms with Crippen molar-refractivity contribution in [1.29, 1.82) is 0 Å². The van der Waals surface area contributed by atoms with Gasteiger partial charge in [-0.05, 0) is 24.0 Å². The van der Waals surface area contributed by atoms with Gasteiger partial charge in [0.25, 0.3) is 0 Å². The van der Waals surface area contributed by atoms with Crippen LogP contribution in [0.3, 0.4) is 0 Å². The predicted octanol–water partition coefficient (Wildman–Crippen LogP) is 3.90. The molecule has 0 saturated carbocycles. The Morgan fingerprint density at radius 3 is 2.02 bits per heavy atom. The van der Waals surface area contributed by atoms with Crippen molar-refractivity contribution in [1.82, 2.24) is 15.5 Å².